The number of nitrogens with zero attached hydrogens (tertiary/aromatic N) is 1. The van der Waals surface area contributed by atoms with Crippen molar-refractivity contribution in [3.63, 3.8) is 0 Å². The van der Waals surface area contributed by atoms with Gasteiger partial charge in [0.2, 0.25) is 17.7 Å². The molecule has 2 aromatic rings. The number of hydrogen-bond acceptors (Lipinski definition) is 6. The molecule has 0 radical (unpaired) electrons. The van der Waals surface area contributed by atoms with Crippen molar-refractivity contribution in [3.05, 3.63) is 48.3 Å². The first-order chi connectivity index (χ1) is 17.8. The third-order valence-corrected chi connectivity index (χ3v) is 7.40. The molecule has 1 aliphatic heterocycles. The zero-order chi connectivity index (χ0) is 26.4. The predicted molar refractivity (Wildman–Crippen MR) is 138 cm³/mol. The molecule has 1 saturated carbocycles. The molecule has 0 saturated heterocycles. The third-order valence-electron chi connectivity index (χ3n) is 6.25. The monoisotopic (exact) mass is 531 g/mol. The summed E-state index contributed by atoms with van der Waals surface area (Å²) in [6, 6.07) is 9.27. The number of amides is 3. The highest BCUT2D eigenvalue weighted by atomic mass is 32.2. The van der Waals surface area contributed by atoms with Crippen LogP contribution >= 0.6 is 0 Å². The number of ether oxygens (including phenoxy) is 2. The molecule has 11 heteroatoms. The number of anilines is 2. The van der Waals surface area contributed by atoms with Crippen molar-refractivity contribution in [3.8, 4) is 11.5 Å². The lowest BCUT2D eigenvalue weighted by Gasteiger charge is -2.30. The van der Waals surface area contributed by atoms with Crippen LogP contribution in [0.25, 0.3) is 0 Å². The molecular formula is C26H30FN3O6S. The summed E-state index contributed by atoms with van der Waals surface area (Å²) in [6.45, 7) is 2.38. The Morgan fingerprint density at radius 3 is 2.41 bits per heavy atom. The highest BCUT2D eigenvalue weighted by Gasteiger charge is 2.31. The van der Waals surface area contributed by atoms with Crippen LogP contribution in [0.15, 0.2) is 42.5 Å². The summed E-state index contributed by atoms with van der Waals surface area (Å²) >= 11 is 0. The fraction of sp³-hybridized carbons (Fsp3) is 0.423. The number of carbonyl (C=O) groups excluding carboxylic acids is 3. The number of halogens is 1. The van der Waals surface area contributed by atoms with Gasteiger partial charge in [0, 0.05) is 34.3 Å². The molecule has 2 aromatic carbocycles. The van der Waals surface area contributed by atoms with Gasteiger partial charge in [-0.25, -0.2) is 4.39 Å². The quantitative estimate of drug-likeness (QED) is 0.515. The molecule has 1 heterocycles. The van der Waals surface area contributed by atoms with Crippen LogP contribution in [0.2, 0.25) is 0 Å². The van der Waals surface area contributed by atoms with E-state index in [0.717, 1.165) is 25.7 Å². The first-order valence-electron chi connectivity index (χ1n) is 12.2. The van der Waals surface area contributed by atoms with Gasteiger partial charge < -0.3 is 20.1 Å². The number of nitrogens with one attached hydrogen (secondary N) is 2. The summed E-state index contributed by atoms with van der Waals surface area (Å²) in [7, 11) is -1.85. The predicted octanol–water partition coefficient (Wildman–Crippen LogP) is 2.76. The van der Waals surface area contributed by atoms with Crippen LogP contribution in [0.3, 0.4) is 0 Å². The topological polar surface area (TPSA) is 114 Å². The minimum Gasteiger partial charge on any atom is -0.486 e. The van der Waals surface area contributed by atoms with Crippen molar-refractivity contribution in [2.45, 2.75) is 44.7 Å². The van der Waals surface area contributed by atoms with Gasteiger partial charge in [-0.3, -0.25) is 23.5 Å². The van der Waals surface area contributed by atoms with E-state index in [9.17, 15) is 23.0 Å². The Labute approximate surface area is 217 Å². The second-order valence-electron chi connectivity index (χ2n) is 9.04. The summed E-state index contributed by atoms with van der Waals surface area (Å²) in [5.41, 5.74) is 0.751. The maximum Gasteiger partial charge on any atom is 0.243 e. The Morgan fingerprint density at radius 1 is 1.03 bits per heavy atom. The molecule has 9 nitrogen and oxygen atoms in total. The van der Waals surface area contributed by atoms with Gasteiger partial charge >= 0.3 is 0 Å². The Hall–Kier alpha value is -3.47. The normalized spacial score (nSPS) is 16.5. The van der Waals surface area contributed by atoms with Gasteiger partial charge in [-0.2, -0.15) is 0 Å². The van der Waals surface area contributed by atoms with E-state index in [0.29, 0.717) is 36.1 Å². The Balaban J connectivity index is 1.47. The van der Waals surface area contributed by atoms with Crippen LogP contribution in [0.5, 0.6) is 11.5 Å². The Kier molecular flexibility index (Phi) is 8.75. The molecule has 4 rings (SSSR count). The number of hydrogen-bond donors (Lipinski definition) is 2. The van der Waals surface area contributed by atoms with Crippen LogP contribution in [0, 0.1) is 5.82 Å². The molecule has 0 unspecified atom stereocenters. The molecule has 198 valence electrons. The lowest BCUT2D eigenvalue weighted by molar-refractivity contribution is -0.125. The summed E-state index contributed by atoms with van der Waals surface area (Å²) in [5.74, 6) is -1.81. The summed E-state index contributed by atoms with van der Waals surface area (Å²) in [5, 5.41) is 5.54. The van der Waals surface area contributed by atoms with Gasteiger partial charge in [0.25, 0.3) is 0 Å². The molecule has 2 atom stereocenters. The lowest BCUT2D eigenvalue weighted by Crippen LogP contribution is -2.51. The van der Waals surface area contributed by atoms with E-state index < -0.39 is 46.0 Å². The molecule has 1 fully saturated rings. The molecular weight excluding hydrogens is 501 g/mol. The van der Waals surface area contributed by atoms with Crippen LogP contribution in [-0.2, 0) is 25.2 Å². The number of fused-ring (bicyclic) bond motifs is 1. The van der Waals surface area contributed by atoms with Crippen LogP contribution in [0.4, 0.5) is 15.8 Å². The van der Waals surface area contributed by atoms with E-state index in [4.69, 9.17) is 9.47 Å². The van der Waals surface area contributed by atoms with E-state index in [-0.39, 0.29) is 11.9 Å². The van der Waals surface area contributed by atoms with Crippen LogP contribution in [-0.4, -0.2) is 58.7 Å². The van der Waals surface area contributed by atoms with Crippen LogP contribution < -0.4 is 25.0 Å². The Bertz CT molecular complexity index is 1170. The van der Waals surface area contributed by atoms with Gasteiger partial charge in [0.1, 0.15) is 36.6 Å². The number of carbonyl (C=O) groups is 3. The fourth-order valence-electron chi connectivity index (χ4n) is 4.41. The highest BCUT2D eigenvalue weighted by Crippen LogP contribution is 2.35. The average Bonchev–Trinajstić information content (AvgIpc) is 3.38. The van der Waals surface area contributed by atoms with Crippen molar-refractivity contribution in [1.29, 1.82) is 0 Å². The van der Waals surface area contributed by atoms with Crippen molar-refractivity contribution in [2.24, 2.45) is 0 Å². The largest absolute Gasteiger partial charge is 0.486 e. The molecule has 3 amide bonds. The highest BCUT2D eigenvalue weighted by molar-refractivity contribution is 7.86. The summed E-state index contributed by atoms with van der Waals surface area (Å²) in [4.78, 5) is 40.1. The summed E-state index contributed by atoms with van der Waals surface area (Å²) < 4.78 is 37.0. The lowest BCUT2D eigenvalue weighted by atomic mass is 10.1. The first-order valence-corrected chi connectivity index (χ1v) is 13.7. The maximum absolute atomic E-state index is 13.4. The standard InChI is InChI=1S/C26H30FN3O6S/c1-17(26(33)29-19-4-2-3-5-19)30(21-10-11-22-23(14-21)36-13-12-35-22)25(32)16-37(34)15-24(31)28-20-8-6-18(27)7-9-20/h6-11,14,17,19H,2-5,12-13,15-16H2,1H3,(H,28,31)(H,29,33)/t17-,37-/m1/s1. The minimum atomic E-state index is -1.85. The maximum atomic E-state index is 13.4. The average molecular weight is 532 g/mol. The van der Waals surface area contributed by atoms with Crippen molar-refractivity contribution in [2.75, 3.05) is 34.9 Å². The SMILES string of the molecule is C[C@H](C(=O)NC1CCCC1)N(C(=O)C[S@](=O)CC(=O)Nc1ccc(F)cc1)c1ccc2c(c1)OCCO2. The second kappa shape index (κ2) is 12.2. The number of benzene rings is 2. The molecule has 0 aromatic heterocycles. The van der Waals surface area contributed by atoms with E-state index in [1.54, 1.807) is 25.1 Å². The van der Waals surface area contributed by atoms with Crippen molar-refractivity contribution >= 4 is 39.9 Å². The molecule has 1 aliphatic carbocycles. The van der Waals surface area contributed by atoms with E-state index in [1.165, 1.54) is 29.2 Å². The summed E-state index contributed by atoms with van der Waals surface area (Å²) in [6.07, 6.45) is 3.87. The second-order valence-corrected chi connectivity index (χ2v) is 10.5. The smallest absolute Gasteiger partial charge is 0.243 e. The minimum absolute atomic E-state index is 0.0662. The van der Waals surface area contributed by atoms with Crippen molar-refractivity contribution in [1.82, 2.24) is 5.32 Å². The first kappa shape index (κ1) is 26.6. The number of rotatable bonds is 9. The zero-order valence-electron chi connectivity index (χ0n) is 20.5. The van der Waals surface area contributed by atoms with E-state index in [1.807, 2.05) is 0 Å². The van der Waals surface area contributed by atoms with Gasteiger partial charge in [-0.05, 0) is 56.2 Å². The third kappa shape index (κ3) is 7.06. The van der Waals surface area contributed by atoms with Gasteiger partial charge in [0.05, 0.1) is 0 Å². The Morgan fingerprint density at radius 2 is 1.70 bits per heavy atom. The molecule has 0 bridgehead atoms. The van der Waals surface area contributed by atoms with E-state index >= 15 is 0 Å². The molecule has 0 spiro atoms. The van der Waals surface area contributed by atoms with Gasteiger partial charge in [-0.1, -0.05) is 12.8 Å². The fourth-order valence-corrected chi connectivity index (χ4v) is 5.29. The van der Waals surface area contributed by atoms with E-state index in [2.05, 4.69) is 10.6 Å². The molecule has 37 heavy (non-hydrogen) atoms. The van der Waals surface area contributed by atoms with Crippen molar-refractivity contribution < 1.29 is 32.5 Å². The zero-order valence-corrected chi connectivity index (χ0v) is 21.4. The molecule has 2 N–H and O–H groups in total. The molecule has 2 aliphatic rings. The van der Waals surface area contributed by atoms with Crippen LogP contribution in [0.1, 0.15) is 32.6 Å². The van der Waals surface area contributed by atoms with Gasteiger partial charge in [0.15, 0.2) is 11.5 Å². The van der Waals surface area contributed by atoms with Gasteiger partial charge in [-0.15, -0.1) is 0 Å².